The smallest absolute Gasteiger partial charge is 0.169 e. The minimum atomic E-state index is -0.869. The van der Waals surface area contributed by atoms with Crippen molar-refractivity contribution in [3.63, 3.8) is 0 Å². The Labute approximate surface area is 157 Å². The summed E-state index contributed by atoms with van der Waals surface area (Å²) in [5.41, 5.74) is 2.26. The maximum atomic E-state index is 13.9. The molecule has 0 unspecified atom stereocenters. The average molecular weight is 390 g/mol. The van der Waals surface area contributed by atoms with Gasteiger partial charge in [-0.05, 0) is 29.8 Å². The lowest BCUT2D eigenvalue weighted by atomic mass is 10.1. The van der Waals surface area contributed by atoms with Crippen LogP contribution in [0.5, 0.6) is 0 Å². The second kappa shape index (κ2) is 7.34. The van der Waals surface area contributed by atoms with Crippen molar-refractivity contribution in [2.24, 2.45) is 0 Å². The fraction of sp³-hybridized carbons (Fsp3) is 0.211. The van der Waals surface area contributed by atoms with E-state index in [9.17, 15) is 13.3 Å². The first-order chi connectivity index (χ1) is 12.6. The largest absolute Gasteiger partial charge is 0.616 e. The van der Waals surface area contributed by atoms with Crippen molar-refractivity contribution < 1.29 is 13.3 Å². The zero-order valence-corrected chi connectivity index (χ0v) is 15.5. The molecule has 1 aliphatic rings. The van der Waals surface area contributed by atoms with E-state index in [0.29, 0.717) is 16.5 Å². The quantitative estimate of drug-likeness (QED) is 0.625. The van der Waals surface area contributed by atoms with Gasteiger partial charge in [-0.25, -0.2) is 13.8 Å². The number of nitrogens with zero attached hydrogens (tertiary/aromatic N) is 2. The Morgan fingerprint density at radius 1 is 1.04 bits per heavy atom. The molecule has 0 atom stereocenters. The second-order valence-corrected chi connectivity index (χ2v) is 8.74. The first-order valence-corrected chi connectivity index (χ1v) is 10.5. The van der Waals surface area contributed by atoms with Crippen LogP contribution in [0.15, 0.2) is 48.7 Å². The number of benzene rings is 2. The molecule has 134 valence electrons. The van der Waals surface area contributed by atoms with Crippen LogP contribution in [-0.2, 0) is 11.2 Å². The Morgan fingerprint density at radius 3 is 2.50 bits per heavy atom. The molecule has 2 heterocycles. The minimum absolute atomic E-state index is 0.180. The van der Waals surface area contributed by atoms with E-state index in [0.717, 1.165) is 35.3 Å². The van der Waals surface area contributed by atoms with E-state index in [1.54, 1.807) is 6.20 Å². The van der Waals surface area contributed by atoms with E-state index < -0.39 is 22.8 Å². The van der Waals surface area contributed by atoms with Gasteiger partial charge in [-0.3, -0.25) is 0 Å². The summed E-state index contributed by atoms with van der Waals surface area (Å²) < 4.78 is 38.8. The third-order valence-electron chi connectivity index (χ3n) is 4.38. The molecule has 0 radical (unpaired) electrons. The predicted molar refractivity (Wildman–Crippen MR) is 103 cm³/mol. The molecule has 7 heteroatoms. The summed E-state index contributed by atoms with van der Waals surface area (Å²) in [4.78, 5) is 7.38. The van der Waals surface area contributed by atoms with Gasteiger partial charge in [0.05, 0.1) is 18.0 Å². The fourth-order valence-electron chi connectivity index (χ4n) is 2.93. The van der Waals surface area contributed by atoms with Crippen LogP contribution < -0.4 is 4.90 Å². The topological polar surface area (TPSA) is 39.2 Å². The molecule has 0 bridgehead atoms. The molecular weight excluding hydrogens is 374 g/mol. The number of thiazole rings is 1. The van der Waals surface area contributed by atoms with E-state index in [-0.39, 0.29) is 5.56 Å². The maximum Gasteiger partial charge on any atom is 0.169 e. The van der Waals surface area contributed by atoms with Crippen molar-refractivity contribution >= 4 is 28.2 Å². The van der Waals surface area contributed by atoms with Crippen LogP contribution in [0.3, 0.4) is 0 Å². The Hall–Kier alpha value is -1.96. The Bertz CT molecular complexity index is 906. The van der Waals surface area contributed by atoms with Crippen molar-refractivity contribution in [2.45, 2.75) is 0 Å². The van der Waals surface area contributed by atoms with Crippen molar-refractivity contribution in [1.29, 1.82) is 0 Å². The van der Waals surface area contributed by atoms with E-state index >= 15 is 0 Å². The van der Waals surface area contributed by atoms with Crippen LogP contribution in [0.4, 0.5) is 14.5 Å². The zero-order valence-electron chi connectivity index (χ0n) is 13.8. The van der Waals surface area contributed by atoms with Gasteiger partial charge in [0.1, 0.15) is 16.5 Å². The van der Waals surface area contributed by atoms with Gasteiger partial charge in [0.15, 0.2) is 11.6 Å². The molecule has 0 amide bonds. The molecule has 1 aromatic heterocycles. The summed E-state index contributed by atoms with van der Waals surface area (Å²) in [6, 6.07) is 12.2. The average Bonchev–Trinajstić information content (AvgIpc) is 3.15. The van der Waals surface area contributed by atoms with Gasteiger partial charge in [-0.15, -0.1) is 11.3 Å². The standard InChI is InChI=1S/C19H16F2N2OS2/c20-16-3-1-2-15(18(16)21)19-22-12-17(25-19)13-4-6-14(7-5-13)23-8-10-26(24)11-9-23/h1-7,12H,8-11H2. The van der Waals surface area contributed by atoms with Crippen LogP contribution in [0.1, 0.15) is 0 Å². The molecule has 2 aromatic carbocycles. The molecule has 0 spiro atoms. The van der Waals surface area contributed by atoms with Crippen LogP contribution in [-0.4, -0.2) is 34.1 Å². The van der Waals surface area contributed by atoms with Gasteiger partial charge in [0.25, 0.3) is 0 Å². The van der Waals surface area contributed by atoms with Gasteiger partial charge in [-0.1, -0.05) is 29.4 Å². The molecule has 1 saturated heterocycles. The lowest BCUT2D eigenvalue weighted by Gasteiger charge is -2.29. The number of hydrogen-bond acceptors (Lipinski definition) is 4. The highest BCUT2D eigenvalue weighted by atomic mass is 32.2. The lowest BCUT2D eigenvalue weighted by Crippen LogP contribution is -2.40. The highest BCUT2D eigenvalue weighted by Crippen LogP contribution is 2.34. The fourth-order valence-corrected chi connectivity index (χ4v) is 4.93. The maximum absolute atomic E-state index is 13.9. The molecule has 0 aliphatic carbocycles. The van der Waals surface area contributed by atoms with Crippen molar-refractivity contribution in [1.82, 2.24) is 4.98 Å². The highest BCUT2D eigenvalue weighted by molar-refractivity contribution is 7.91. The van der Waals surface area contributed by atoms with Crippen LogP contribution >= 0.6 is 11.3 Å². The van der Waals surface area contributed by atoms with E-state index in [1.165, 1.54) is 23.5 Å². The van der Waals surface area contributed by atoms with Gasteiger partial charge in [0.2, 0.25) is 0 Å². The van der Waals surface area contributed by atoms with Gasteiger partial charge in [-0.2, -0.15) is 0 Å². The Morgan fingerprint density at radius 2 is 1.77 bits per heavy atom. The monoisotopic (exact) mass is 390 g/mol. The van der Waals surface area contributed by atoms with E-state index in [1.807, 2.05) is 24.3 Å². The third kappa shape index (κ3) is 3.47. The molecule has 4 rings (SSSR count). The Balaban J connectivity index is 1.55. The van der Waals surface area contributed by atoms with Crippen LogP contribution in [0.2, 0.25) is 0 Å². The lowest BCUT2D eigenvalue weighted by molar-refractivity contribution is 0.511. The number of anilines is 1. The van der Waals surface area contributed by atoms with Crippen LogP contribution in [0.25, 0.3) is 21.0 Å². The third-order valence-corrected chi connectivity index (χ3v) is 6.74. The molecule has 3 nitrogen and oxygen atoms in total. The summed E-state index contributed by atoms with van der Waals surface area (Å²) in [6.07, 6.45) is 1.68. The van der Waals surface area contributed by atoms with Crippen molar-refractivity contribution in [2.75, 3.05) is 29.5 Å². The summed E-state index contributed by atoms with van der Waals surface area (Å²) >= 11 is 0.638. The van der Waals surface area contributed by atoms with Crippen molar-refractivity contribution in [3.05, 3.63) is 60.3 Å². The molecule has 0 N–H and O–H groups in total. The highest BCUT2D eigenvalue weighted by Gasteiger charge is 2.19. The SMILES string of the molecule is [O-][S+]1CCN(c2ccc(-c3cnc(-c4cccc(F)c4F)s3)cc2)CC1. The van der Waals surface area contributed by atoms with Crippen molar-refractivity contribution in [3.8, 4) is 21.0 Å². The summed E-state index contributed by atoms with van der Waals surface area (Å²) in [5, 5.41) is 0.458. The first kappa shape index (κ1) is 17.5. The molecular formula is C19H16F2N2OS2. The predicted octanol–water partition coefficient (Wildman–Crippen LogP) is 4.32. The molecule has 3 aromatic rings. The summed E-state index contributed by atoms with van der Waals surface area (Å²) in [5.74, 6) is -0.324. The number of rotatable bonds is 3. The van der Waals surface area contributed by atoms with Gasteiger partial charge >= 0.3 is 0 Å². The number of hydrogen-bond donors (Lipinski definition) is 0. The van der Waals surface area contributed by atoms with Gasteiger partial charge < -0.3 is 9.45 Å². The molecule has 0 saturated carbocycles. The zero-order chi connectivity index (χ0) is 18.1. The number of halogens is 2. The normalized spacial score (nSPS) is 15.4. The van der Waals surface area contributed by atoms with E-state index in [4.69, 9.17) is 0 Å². The first-order valence-electron chi connectivity index (χ1n) is 8.22. The van der Waals surface area contributed by atoms with Gasteiger partial charge in [0, 0.05) is 17.4 Å². The molecule has 26 heavy (non-hydrogen) atoms. The molecule has 1 aliphatic heterocycles. The molecule has 1 fully saturated rings. The number of aromatic nitrogens is 1. The van der Waals surface area contributed by atoms with Crippen LogP contribution in [0, 0.1) is 11.6 Å². The summed E-state index contributed by atoms with van der Waals surface area (Å²) in [6.45, 7) is 1.60. The second-order valence-electron chi connectivity index (χ2n) is 6.01. The Kier molecular flexibility index (Phi) is 4.93. The minimum Gasteiger partial charge on any atom is -0.616 e. The van der Waals surface area contributed by atoms with E-state index in [2.05, 4.69) is 9.88 Å². The summed E-state index contributed by atoms with van der Waals surface area (Å²) in [7, 11) is 0.